The summed E-state index contributed by atoms with van der Waals surface area (Å²) in [5.74, 6) is 1.47. The lowest BCUT2D eigenvalue weighted by Crippen LogP contribution is -2.45. The molecule has 1 saturated heterocycles. The smallest absolute Gasteiger partial charge is 0.237 e. The zero-order chi connectivity index (χ0) is 18.3. The fourth-order valence-corrected chi connectivity index (χ4v) is 4.03. The van der Waals surface area contributed by atoms with Gasteiger partial charge in [0.25, 0.3) is 0 Å². The van der Waals surface area contributed by atoms with Crippen molar-refractivity contribution in [3.05, 3.63) is 41.6 Å². The first kappa shape index (κ1) is 16.8. The number of carbonyl (C=O) groups is 1. The molecule has 2 atom stereocenters. The lowest BCUT2D eigenvalue weighted by Gasteiger charge is -2.36. The number of aromatic nitrogens is 2. The summed E-state index contributed by atoms with van der Waals surface area (Å²) in [5, 5.41) is 3.44. The van der Waals surface area contributed by atoms with Gasteiger partial charge in [0.1, 0.15) is 5.82 Å². The minimum Gasteiger partial charge on any atom is -0.347 e. The molecule has 7 nitrogen and oxygen atoms in total. The van der Waals surface area contributed by atoms with E-state index in [0.29, 0.717) is 5.95 Å². The van der Waals surface area contributed by atoms with E-state index in [9.17, 15) is 4.79 Å². The highest BCUT2D eigenvalue weighted by Crippen LogP contribution is 2.46. The molecule has 136 valence electrons. The maximum absolute atomic E-state index is 12.4. The van der Waals surface area contributed by atoms with Gasteiger partial charge in [0, 0.05) is 37.8 Å². The number of nitrogens with one attached hydrogen (secondary N) is 1. The Hall–Kier alpha value is -2.67. The Bertz CT molecular complexity index is 822. The molecule has 2 bridgehead atoms. The van der Waals surface area contributed by atoms with Crippen LogP contribution in [0.15, 0.2) is 30.3 Å². The van der Waals surface area contributed by atoms with Crippen LogP contribution in [0.3, 0.4) is 0 Å². The van der Waals surface area contributed by atoms with Gasteiger partial charge in [0.05, 0.1) is 18.3 Å². The molecular formula is C19H24N6O. The van der Waals surface area contributed by atoms with Gasteiger partial charge in [0.2, 0.25) is 11.9 Å². The first-order valence-corrected chi connectivity index (χ1v) is 9.00. The van der Waals surface area contributed by atoms with Crippen molar-refractivity contribution in [2.75, 3.05) is 30.9 Å². The van der Waals surface area contributed by atoms with Gasteiger partial charge >= 0.3 is 0 Å². The van der Waals surface area contributed by atoms with E-state index in [1.165, 1.54) is 0 Å². The normalized spacial score (nSPS) is 20.7. The van der Waals surface area contributed by atoms with E-state index in [2.05, 4.69) is 5.32 Å². The molecule has 3 heterocycles. The number of nitrogens with zero attached hydrogens (tertiary/aromatic N) is 4. The third kappa shape index (κ3) is 2.78. The topological polar surface area (TPSA) is 87.4 Å². The summed E-state index contributed by atoms with van der Waals surface area (Å²) in [7, 11) is 3.88. The zero-order valence-corrected chi connectivity index (χ0v) is 15.1. The van der Waals surface area contributed by atoms with Gasteiger partial charge in [-0.3, -0.25) is 4.79 Å². The van der Waals surface area contributed by atoms with Crippen LogP contribution in [0, 0.1) is 0 Å². The van der Waals surface area contributed by atoms with Crippen LogP contribution in [-0.2, 0) is 11.2 Å². The van der Waals surface area contributed by atoms with E-state index >= 15 is 0 Å². The molecule has 1 aromatic heterocycles. The highest BCUT2D eigenvalue weighted by Gasteiger charge is 2.44. The number of carbonyl (C=O) groups excluding carboxylic acids is 1. The Labute approximate surface area is 153 Å². The van der Waals surface area contributed by atoms with Crippen molar-refractivity contribution in [2.24, 2.45) is 5.73 Å². The van der Waals surface area contributed by atoms with Gasteiger partial charge in [-0.1, -0.05) is 18.2 Å². The van der Waals surface area contributed by atoms with Crippen molar-refractivity contribution in [1.29, 1.82) is 0 Å². The third-order valence-corrected chi connectivity index (χ3v) is 5.18. The van der Waals surface area contributed by atoms with Gasteiger partial charge in [-0.2, -0.15) is 4.98 Å². The molecule has 7 heteroatoms. The number of benzene rings is 1. The molecule has 2 aliphatic heterocycles. The summed E-state index contributed by atoms with van der Waals surface area (Å²) < 4.78 is 0. The van der Waals surface area contributed by atoms with Gasteiger partial charge in [-0.15, -0.1) is 0 Å². The molecule has 0 unspecified atom stereocenters. The lowest BCUT2D eigenvalue weighted by atomic mass is 9.97. The highest BCUT2D eigenvalue weighted by molar-refractivity contribution is 5.80. The first-order chi connectivity index (χ1) is 12.6. The van der Waals surface area contributed by atoms with E-state index in [1.807, 2.05) is 54.2 Å². The Balaban J connectivity index is 1.81. The monoisotopic (exact) mass is 352 g/mol. The number of hydrogen-bond acceptors (Lipinski definition) is 6. The van der Waals surface area contributed by atoms with Gasteiger partial charge in [0.15, 0.2) is 0 Å². The second kappa shape index (κ2) is 6.57. The molecule has 0 spiro atoms. The number of amides is 1. The van der Waals surface area contributed by atoms with Crippen molar-refractivity contribution in [3.63, 3.8) is 0 Å². The maximum Gasteiger partial charge on any atom is 0.237 e. The standard InChI is InChI=1S/C19H24N6O/c1-24(2)19-22-14-10-13-8-9-15(25(13)16(26)11-20)17(14)18(23-19)21-12-6-4-3-5-7-12/h3-7,13,15H,8-11,20H2,1-2H3,(H,21,22,23)/t13-,15-/m1/s1. The Morgan fingerprint density at radius 3 is 2.73 bits per heavy atom. The number of hydrogen-bond donors (Lipinski definition) is 2. The summed E-state index contributed by atoms with van der Waals surface area (Å²) >= 11 is 0. The van der Waals surface area contributed by atoms with Gasteiger partial charge in [-0.25, -0.2) is 4.98 Å². The summed E-state index contributed by atoms with van der Waals surface area (Å²) in [5.41, 5.74) is 8.70. The third-order valence-electron chi connectivity index (χ3n) is 5.18. The van der Waals surface area contributed by atoms with Crippen molar-refractivity contribution in [2.45, 2.75) is 31.3 Å². The molecule has 1 fully saturated rings. The van der Waals surface area contributed by atoms with E-state index in [1.54, 1.807) is 0 Å². The molecular weight excluding hydrogens is 328 g/mol. The Morgan fingerprint density at radius 1 is 1.27 bits per heavy atom. The van der Waals surface area contributed by atoms with Crippen LogP contribution in [-0.4, -0.2) is 47.5 Å². The summed E-state index contributed by atoms with van der Waals surface area (Å²) in [6.45, 7) is 0.0421. The molecule has 1 amide bonds. The lowest BCUT2D eigenvalue weighted by molar-refractivity contribution is -0.133. The van der Waals surface area contributed by atoms with Crippen LogP contribution < -0.4 is 16.0 Å². The highest BCUT2D eigenvalue weighted by atomic mass is 16.2. The zero-order valence-electron chi connectivity index (χ0n) is 15.1. The van der Waals surface area contributed by atoms with E-state index in [-0.39, 0.29) is 24.5 Å². The van der Waals surface area contributed by atoms with Crippen LogP contribution in [0.5, 0.6) is 0 Å². The molecule has 0 saturated carbocycles. The first-order valence-electron chi connectivity index (χ1n) is 9.00. The van der Waals surface area contributed by atoms with Crippen LogP contribution in [0.2, 0.25) is 0 Å². The van der Waals surface area contributed by atoms with Crippen LogP contribution in [0.4, 0.5) is 17.5 Å². The van der Waals surface area contributed by atoms with Crippen LogP contribution >= 0.6 is 0 Å². The number of anilines is 3. The molecule has 2 aromatic rings. The van der Waals surface area contributed by atoms with Crippen molar-refractivity contribution in [1.82, 2.24) is 14.9 Å². The van der Waals surface area contributed by atoms with Crippen molar-refractivity contribution in [3.8, 4) is 0 Å². The fraction of sp³-hybridized carbons (Fsp3) is 0.421. The van der Waals surface area contributed by atoms with E-state index in [4.69, 9.17) is 15.7 Å². The predicted molar refractivity (Wildman–Crippen MR) is 101 cm³/mol. The minimum atomic E-state index is 0.00206. The van der Waals surface area contributed by atoms with Gasteiger partial charge < -0.3 is 20.9 Å². The largest absolute Gasteiger partial charge is 0.347 e. The molecule has 3 N–H and O–H groups in total. The van der Waals surface area contributed by atoms with E-state index < -0.39 is 0 Å². The summed E-state index contributed by atoms with van der Waals surface area (Å²) in [6.07, 6.45) is 2.66. The minimum absolute atomic E-state index is 0.00206. The average Bonchev–Trinajstić information content (AvgIpc) is 2.95. The molecule has 1 aromatic carbocycles. The number of nitrogens with two attached hydrogens (primary N) is 1. The Morgan fingerprint density at radius 2 is 2.04 bits per heavy atom. The molecule has 2 aliphatic rings. The summed E-state index contributed by atoms with van der Waals surface area (Å²) in [4.78, 5) is 25.8. The summed E-state index contributed by atoms with van der Waals surface area (Å²) in [6, 6.07) is 10.2. The quantitative estimate of drug-likeness (QED) is 0.873. The second-order valence-corrected chi connectivity index (χ2v) is 7.07. The SMILES string of the molecule is CN(C)c1nc2c(c(Nc3ccccc3)n1)[C@H]1CC[C@H](C2)N1C(=O)CN. The average molecular weight is 352 g/mol. The fourth-order valence-electron chi connectivity index (χ4n) is 4.03. The maximum atomic E-state index is 12.4. The van der Waals surface area contributed by atoms with Crippen molar-refractivity contribution >= 4 is 23.4 Å². The predicted octanol–water partition coefficient (Wildman–Crippen LogP) is 1.83. The Kier molecular flexibility index (Phi) is 4.24. The number of para-hydroxylation sites is 1. The molecule has 26 heavy (non-hydrogen) atoms. The van der Waals surface area contributed by atoms with Gasteiger partial charge in [-0.05, 0) is 25.0 Å². The molecule has 4 rings (SSSR count). The van der Waals surface area contributed by atoms with Crippen LogP contribution in [0.25, 0.3) is 0 Å². The number of rotatable bonds is 4. The number of fused-ring (bicyclic) bond motifs is 4. The van der Waals surface area contributed by atoms with E-state index in [0.717, 1.165) is 42.0 Å². The van der Waals surface area contributed by atoms with Crippen molar-refractivity contribution < 1.29 is 4.79 Å². The van der Waals surface area contributed by atoms with Crippen LogP contribution in [0.1, 0.15) is 30.1 Å². The molecule has 0 aliphatic carbocycles. The molecule has 0 radical (unpaired) electrons. The second-order valence-electron chi connectivity index (χ2n) is 7.07.